The van der Waals surface area contributed by atoms with E-state index in [1.54, 1.807) is 0 Å². The van der Waals surface area contributed by atoms with Gasteiger partial charge in [-0.2, -0.15) is 4.98 Å². The summed E-state index contributed by atoms with van der Waals surface area (Å²) in [7, 11) is -3.94. The number of hydrogen-bond donors (Lipinski definition) is 0. The average Bonchev–Trinajstić information content (AvgIpc) is 3.21. The Morgan fingerprint density at radius 2 is 1.67 bits per heavy atom. The van der Waals surface area contributed by atoms with Crippen LogP contribution in [0.3, 0.4) is 0 Å². The van der Waals surface area contributed by atoms with Crippen molar-refractivity contribution >= 4 is 27.3 Å². The van der Waals surface area contributed by atoms with Crippen LogP contribution in [-0.2, 0) is 9.84 Å². The van der Waals surface area contributed by atoms with Gasteiger partial charge >= 0.3 is 0 Å². The van der Waals surface area contributed by atoms with Gasteiger partial charge in [-0.05, 0) is 55.1 Å². The summed E-state index contributed by atoms with van der Waals surface area (Å²) in [6.07, 6.45) is 0. The molecule has 30 heavy (non-hydrogen) atoms. The number of piperazine rings is 1. The van der Waals surface area contributed by atoms with Gasteiger partial charge in [-0.1, -0.05) is 18.5 Å². The molecule has 0 aliphatic carbocycles. The molecule has 0 saturated carbocycles. The molecule has 0 radical (unpaired) electrons. The topological polar surface area (TPSA) is 66.7 Å². The number of aromatic nitrogens is 1. The first-order valence-electron chi connectivity index (χ1n) is 9.63. The molecule has 4 rings (SSSR count). The first-order chi connectivity index (χ1) is 14.4. The van der Waals surface area contributed by atoms with Crippen LogP contribution < -0.4 is 4.90 Å². The molecule has 1 aliphatic rings. The lowest BCUT2D eigenvalue weighted by Gasteiger charge is -2.33. The molecule has 0 amide bonds. The fraction of sp³-hybridized carbons (Fsp3) is 0.286. The summed E-state index contributed by atoms with van der Waals surface area (Å²) in [6.45, 7) is 5.85. The van der Waals surface area contributed by atoms with Crippen molar-refractivity contribution in [3.05, 3.63) is 59.4 Å². The third-order valence-electron chi connectivity index (χ3n) is 5.16. The second-order valence-corrected chi connectivity index (χ2v) is 9.32. The van der Waals surface area contributed by atoms with Crippen molar-refractivity contribution in [2.24, 2.45) is 0 Å². The van der Waals surface area contributed by atoms with Gasteiger partial charge in [0.05, 0.1) is 4.90 Å². The van der Waals surface area contributed by atoms with Crippen molar-refractivity contribution in [1.29, 1.82) is 0 Å². The Hall–Kier alpha value is -2.42. The van der Waals surface area contributed by atoms with Gasteiger partial charge in [0.25, 0.3) is 0 Å². The predicted molar refractivity (Wildman–Crippen MR) is 113 cm³/mol. The number of sulfone groups is 1. The molecule has 2 heterocycles. The Kier molecular flexibility index (Phi) is 5.81. The summed E-state index contributed by atoms with van der Waals surface area (Å²) >= 11 is 5.91. The summed E-state index contributed by atoms with van der Waals surface area (Å²) in [5, 5.41) is 0.297. The van der Waals surface area contributed by atoms with Crippen molar-refractivity contribution in [3.63, 3.8) is 0 Å². The zero-order valence-corrected chi connectivity index (χ0v) is 18.0. The standard InChI is InChI=1S/C21H21ClFN3O3S/c1-2-25-11-13-26(14-12-25)21-20(30(27,28)18-9-5-16(22)6-10-18)24-19(29-21)15-3-7-17(23)8-4-15/h3-10H,2,11-14H2,1H3. The van der Waals surface area contributed by atoms with E-state index >= 15 is 0 Å². The van der Waals surface area contributed by atoms with Gasteiger partial charge in [0.1, 0.15) is 5.82 Å². The quantitative estimate of drug-likeness (QED) is 0.584. The lowest BCUT2D eigenvalue weighted by atomic mass is 10.2. The first-order valence-corrected chi connectivity index (χ1v) is 11.5. The van der Waals surface area contributed by atoms with Crippen LogP contribution in [-0.4, -0.2) is 51.0 Å². The highest BCUT2D eigenvalue weighted by atomic mass is 35.5. The highest BCUT2D eigenvalue weighted by molar-refractivity contribution is 7.91. The van der Waals surface area contributed by atoms with E-state index in [1.165, 1.54) is 48.5 Å². The van der Waals surface area contributed by atoms with Crippen LogP contribution in [0.1, 0.15) is 6.92 Å². The molecule has 158 valence electrons. The van der Waals surface area contributed by atoms with Gasteiger partial charge in [-0.3, -0.25) is 0 Å². The number of halogens is 2. The van der Waals surface area contributed by atoms with Crippen molar-refractivity contribution < 1.29 is 17.2 Å². The lowest BCUT2D eigenvalue weighted by molar-refractivity contribution is 0.266. The molecular formula is C21H21ClFN3O3S. The number of likely N-dealkylation sites (N-methyl/N-ethyl adjacent to an activating group) is 1. The van der Waals surface area contributed by atoms with Crippen molar-refractivity contribution in [2.75, 3.05) is 37.6 Å². The van der Waals surface area contributed by atoms with E-state index in [4.69, 9.17) is 16.0 Å². The van der Waals surface area contributed by atoms with Crippen molar-refractivity contribution in [3.8, 4) is 11.5 Å². The molecule has 0 unspecified atom stereocenters. The zero-order valence-electron chi connectivity index (χ0n) is 16.4. The molecule has 6 nitrogen and oxygen atoms in total. The van der Waals surface area contributed by atoms with E-state index in [2.05, 4.69) is 16.8 Å². The molecule has 1 saturated heterocycles. The Labute approximate surface area is 179 Å². The van der Waals surface area contributed by atoms with Gasteiger partial charge in [-0.25, -0.2) is 12.8 Å². The number of nitrogens with zero attached hydrogens (tertiary/aromatic N) is 3. The number of hydrogen-bond acceptors (Lipinski definition) is 6. The molecule has 0 atom stereocenters. The molecule has 1 fully saturated rings. The van der Waals surface area contributed by atoms with Crippen LogP contribution >= 0.6 is 11.6 Å². The van der Waals surface area contributed by atoms with E-state index < -0.39 is 15.7 Å². The monoisotopic (exact) mass is 449 g/mol. The zero-order chi connectivity index (χ0) is 21.3. The van der Waals surface area contributed by atoms with E-state index in [0.29, 0.717) is 23.7 Å². The van der Waals surface area contributed by atoms with Crippen LogP contribution in [0.15, 0.2) is 62.9 Å². The summed E-state index contributed by atoms with van der Waals surface area (Å²) in [5.74, 6) is -0.0503. The van der Waals surface area contributed by atoms with E-state index in [9.17, 15) is 12.8 Å². The van der Waals surface area contributed by atoms with Crippen LogP contribution in [0, 0.1) is 5.82 Å². The first kappa shape index (κ1) is 20.8. The van der Waals surface area contributed by atoms with Crippen LogP contribution in [0.2, 0.25) is 5.02 Å². The van der Waals surface area contributed by atoms with Crippen LogP contribution in [0.5, 0.6) is 0 Å². The average molecular weight is 450 g/mol. The van der Waals surface area contributed by atoms with Gasteiger partial charge in [0.2, 0.25) is 26.6 Å². The van der Waals surface area contributed by atoms with Gasteiger partial charge in [-0.15, -0.1) is 0 Å². The molecule has 1 aromatic heterocycles. The molecule has 2 aromatic carbocycles. The fourth-order valence-electron chi connectivity index (χ4n) is 3.38. The Morgan fingerprint density at radius 1 is 1.03 bits per heavy atom. The summed E-state index contributed by atoms with van der Waals surface area (Å²) in [6, 6.07) is 11.5. The molecule has 0 bridgehead atoms. The second-order valence-electron chi connectivity index (χ2n) is 7.01. The summed E-state index contributed by atoms with van der Waals surface area (Å²) in [5.41, 5.74) is 0.502. The molecular weight excluding hydrogens is 429 g/mol. The van der Waals surface area contributed by atoms with E-state index in [0.717, 1.165) is 19.6 Å². The Balaban J connectivity index is 1.79. The second kappa shape index (κ2) is 8.37. The molecule has 3 aromatic rings. The van der Waals surface area contributed by atoms with E-state index in [-0.39, 0.29) is 21.7 Å². The van der Waals surface area contributed by atoms with Crippen LogP contribution in [0.4, 0.5) is 10.3 Å². The van der Waals surface area contributed by atoms with E-state index in [1.807, 2.05) is 4.90 Å². The normalized spacial score (nSPS) is 15.5. The van der Waals surface area contributed by atoms with Crippen molar-refractivity contribution in [2.45, 2.75) is 16.8 Å². The minimum atomic E-state index is -3.94. The Morgan fingerprint density at radius 3 is 2.27 bits per heavy atom. The van der Waals surface area contributed by atoms with Crippen LogP contribution in [0.25, 0.3) is 11.5 Å². The highest BCUT2D eigenvalue weighted by Crippen LogP contribution is 2.35. The Bertz CT molecular complexity index is 1120. The highest BCUT2D eigenvalue weighted by Gasteiger charge is 2.32. The molecule has 1 aliphatic heterocycles. The number of rotatable bonds is 5. The number of oxazole rings is 1. The smallest absolute Gasteiger partial charge is 0.236 e. The SMILES string of the molecule is CCN1CCN(c2oc(-c3ccc(F)cc3)nc2S(=O)(=O)c2ccc(Cl)cc2)CC1. The third kappa shape index (κ3) is 4.08. The molecule has 0 N–H and O–H groups in total. The minimum Gasteiger partial charge on any atom is -0.419 e. The minimum absolute atomic E-state index is 0.0827. The van der Waals surface area contributed by atoms with Crippen molar-refractivity contribution in [1.82, 2.24) is 9.88 Å². The number of anilines is 1. The summed E-state index contributed by atoms with van der Waals surface area (Å²) < 4.78 is 46.0. The van der Waals surface area contributed by atoms with Gasteiger partial charge in [0, 0.05) is 36.8 Å². The maximum absolute atomic E-state index is 13.4. The maximum atomic E-state index is 13.4. The summed E-state index contributed by atoms with van der Waals surface area (Å²) in [4.78, 5) is 8.59. The van der Waals surface area contributed by atoms with Gasteiger partial charge < -0.3 is 14.2 Å². The maximum Gasteiger partial charge on any atom is 0.236 e. The third-order valence-corrected chi connectivity index (χ3v) is 7.08. The van der Waals surface area contributed by atoms with Gasteiger partial charge in [0.15, 0.2) is 0 Å². The fourth-order valence-corrected chi connectivity index (χ4v) is 4.83. The predicted octanol–water partition coefficient (Wildman–Crippen LogP) is 4.11. The molecule has 0 spiro atoms. The lowest BCUT2D eigenvalue weighted by Crippen LogP contribution is -2.46. The number of benzene rings is 2. The largest absolute Gasteiger partial charge is 0.419 e. The molecule has 9 heteroatoms.